The van der Waals surface area contributed by atoms with E-state index in [1.165, 1.54) is 0 Å². The molecule has 1 amide bonds. The standard InChI is InChI=1S/C11H22N2O4/c1-12(7-10(14)9-16-2)8-11(15)13-3-5-17-6-4-13/h10,14H,3-9H2,1-2H3. The Bertz CT molecular complexity index is 232. The van der Waals surface area contributed by atoms with Crippen LogP contribution in [0, 0.1) is 0 Å². The third-order valence-electron chi connectivity index (χ3n) is 2.65. The molecule has 1 atom stereocenters. The Balaban J connectivity index is 2.24. The maximum absolute atomic E-state index is 11.9. The van der Waals surface area contributed by atoms with Crippen molar-refractivity contribution in [1.29, 1.82) is 0 Å². The number of ether oxygens (including phenoxy) is 2. The monoisotopic (exact) mass is 246 g/mol. The van der Waals surface area contributed by atoms with Crippen LogP contribution in [-0.2, 0) is 14.3 Å². The Kier molecular flexibility index (Phi) is 6.43. The minimum Gasteiger partial charge on any atom is -0.389 e. The van der Waals surface area contributed by atoms with Crippen molar-refractivity contribution >= 4 is 5.91 Å². The number of aliphatic hydroxyl groups excluding tert-OH is 1. The average molecular weight is 246 g/mol. The summed E-state index contributed by atoms with van der Waals surface area (Å²) in [5.74, 6) is 0.0837. The molecule has 0 aromatic heterocycles. The molecule has 17 heavy (non-hydrogen) atoms. The molecule has 1 N–H and O–H groups in total. The highest BCUT2D eigenvalue weighted by Gasteiger charge is 2.19. The Morgan fingerprint density at radius 3 is 2.76 bits per heavy atom. The molecule has 6 nitrogen and oxygen atoms in total. The number of nitrogens with zero attached hydrogens (tertiary/aromatic N) is 2. The number of methoxy groups -OCH3 is 1. The van der Waals surface area contributed by atoms with Crippen molar-refractivity contribution in [2.45, 2.75) is 6.10 Å². The summed E-state index contributed by atoms with van der Waals surface area (Å²) < 4.78 is 10.0. The van der Waals surface area contributed by atoms with Gasteiger partial charge in [0, 0.05) is 26.7 Å². The van der Waals surface area contributed by atoms with Crippen molar-refractivity contribution < 1.29 is 19.4 Å². The summed E-state index contributed by atoms with van der Waals surface area (Å²) in [6.45, 7) is 3.59. The van der Waals surface area contributed by atoms with Crippen LogP contribution in [0.4, 0.5) is 0 Å². The first-order valence-electron chi connectivity index (χ1n) is 5.84. The first kappa shape index (κ1) is 14.4. The second kappa shape index (κ2) is 7.60. The molecule has 1 fully saturated rings. The molecule has 1 rings (SSSR count). The summed E-state index contributed by atoms with van der Waals surface area (Å²) >= 11 is 0. The Labute approximate surface area is 102 Å². The zero-order valence-electron chi connectivity index (χ0n) is 10.6. The molecule has 0 saturated carbocycles. The molecule has 1 heterocycles. The molecule has 0 aromatic carbocycles. The Hall–Kier alpha value is -0.690. The highest BCUT2D eigenvalue weighted by atomic mass is 16.5. The number of hydrogen-bond donors (Lipinski definition) is 1. The predicted octanol–water partition coefficient (Wildman–Crippen LogP) is -1.22. The molecule has 0 radical (unpaired) electrons. The molecule has 100 valence electrons. The van der Waals surface area contributed by atoms with Gasteiger partial charge in [-0.3, -0.25) is 9.69 Å². The molecular weight excluding hydrogens is 224 g/mol. The van der Waals surface area contributed by atoms with Crippen LogP contribution < -0.4 is 0 Å². The lowest BCUT2D eigenvalue weighted by molar-refractivity contribution is -0.136. The topological polar surface area (TPSA) is 62.2 Å². The largest absolute Gasteiger partial charge is 0.389 e. The van der Waals surface area contributed by atoms with E-state index in [4.69, 9.17) is 9.47 Å². The summed E-state index contributed by atoms with van der Waals surface area (Å²) in [4.78, 5) is 15.5. The number of carbonyl (C=O) groups excluding carboxylic acids is 1. The van der Waals surface area contributed by atoms with Crippen molar-refractivity contribution in [2.75, 3.05) is 60.2 Å². The minimum atomic E-state index is -0.553. The van der Waals surface area contributed by atoms with Crippen molar-refractivity contribution in [2.24, 2.45) is 0 Å². The predicted molar refractivity (Wildman–Crippen MR) is 62.8 cm³/mol. The lowest BCUT2D eigenvalue weighted by Gasteiger charge is -2.29. The summed E-state index contributed by atoms with van der Waals surface area (Å²) in [5.41, 5.74) is 0. The molecule has 1 unspecified atom stereocenters. The van der Waals surface area contributed by atoms with E-state index in [1.54, 1.807) is 12.0 Å². The zero-order valence-corrected chi connectivity index (χ0v) is 10.6. The summed E-state index contributed by atoms with van der Waals surface area (Å²) in [7, 11) is 3.36. The first-order chi connectivity index (χ1) is 8.13. The summed E-state index contributed by atoms with van der Waals surface area (Å²) in [6.07, 6.45) is -0.553. The first-order valence-corrected chi connectivity index (χ1v) is 5.84. The average Bonchev–Trinajstić information content (AvgIpc) is 2.30. The van der Waals surface area contributed by atoms with Crippen molar-refractivity contribution in [1.82, 2.24) is 9.80 Å². The highest BCUT2D eigenvalue weighted by Crippen LogP contribution is 1.99. The van der Waals surface area contributed by atoms with Gasteiger partial charge in [-0.1, -0.05) is 0 Å². The van der Waals surface area contributed by atoms with E-state index in [-0.39, 0.29) is 12.5 Å². The van der Waals surface area contributed by atoms with Gasteiger partial charge in [0.1, 0.15) is 0 Å². The Morgan fingerprint density at radius 1 is 1.53 bits per heavy atom. The van der Waals surface area contributed by atoms with Gasteiger partial charge in [0.2, 0.25) is 5.91 Å². The van der Waals surface area contributed by atoms with Gasteiger partial charge in [0.15, 0.2) is 0 Å². The number of hydrogen-bond acceptors (Lipinski definition) is 5. The maximum atomic E-state index is 11.9. The quantitative estimate of drug-likeness (QED) is 0.637. The van der Waals surface area contributed by atoms with Gasteiger partial charge in [-0.2, -0.15) is 0 Å². The fourth-order valence-corrected chi connectivity index (χ4v) is 1.81. The van der Waals surface area contributed by atoms with Crippen molar-refractivity contribution in [3.8, 4) is 0 Å². The molecule has 0 bridgehead atoms. The fourth-order valence-electron chi connectivity index (χ4n) is 1.81. The molecule has 0 aromatic rings. The summed E-state index contributed by atoms with van der Waals surface area (Å²) in [6, 6.07) is 0. The van der Waals surface area contributed by atoms with Gasteiger partial charge in [-0.05, 0) is 7.05 Å². The van der Waals surface area contributed by atoms with Gasteiger partial charge >= 0.3 is 0 Å². The van der Waals surface area contributed by atoms with Gasteiger partial charge in [-0.25, -0.2) is 0 Å². The van der Waals surface area contributed by atoms with Gasteiger partial charge in [0.05, 0.1) is 32.5 Å². The number of carbonyl (C=O) groups is 1. The summed E-state index contributed by atoms with van der Waals surface area (Å²) in [5, 5.41) is 9.53. The van der Waals surface area contributed by atoms with E-state index in [2.05, 4.69) is 0 Å². The van der Waals surface area contributed by atoms with E-state index >= 15 is 0 Å². The molecule has 1 aliphatic rings. The van der Waals surface area contributed by atoms with Gasteiger partial charge < -0.3 is 19.5 Å². The SMILES string of the molecule is COCC(O)CN(C)CC(=O)N1CCOCC1. The number of aliphatic hydroxyl groups is 1. The molecule has 6 heteroatoms. The minimum absolute atomic E-state index is 0.0837. The molecule has 1 saturated heterocycles. The lowest BCUT2D eigenvalue weighted by Crippen LogP contribution is -2.46. The molecular formula is C11H22N2O4. The smallest absolute Gasteiger partial charge is 0.236 e. The van der Waals surface area contributed by atoms with Crippen LogP contribution in [0.5, 0.6) is 0 Å². The van der Waals surface area contributed by atoms with E-state index in [9.17, 15) is 9.90 Å². The van der Waals surface area contributed by atoms with Crippen molar-refractivity contribution in [3.05, 3.63) is 0 Å². The van der Waals surface area contributed by atoms with Gasteiger partial charge in [-0.15, -0.1) is 0 Å². The van der Waals surface area contributed by atoms with E-state index in [1.807, 2.05) is 11.9 Å². The van der Waals surface area contributed by atoms with Crippen LogP contribution in [0.2, 0.25) is 0 Å². The van der Waals surface area contributed by atoms with E-state index < -0.39 is 6.10 Å². The normalized spacial score (nSPS) is 18.5. The fraction of sp³-hybridized carbons (Fsp3) is 0.909. The molecule has 1 aliphatic heterocycles. The van der Waals surface area contributed by atoms with Crippen LogP contribution in [0.1, 0.15) is 0 Å². The number of likely N-dealkylation sites (N-methyl/N-ethyl adjacent to an activating group) is 1. The van der Waals surface area contributed by atoms with Crippen LogP contribution in [-0.4, -0.2) is 87.1 Å². The van der Waals surface area contributed by atoms with E-state index in [0.29, 0.717) is 39.4 Å². The third kappa shape index (κ3) is 5.45. The molecule has 0 aliphatic carbocycles. The lowest BCUT2D eigenvalue weighted by atomic mass is 10.3. The van der Waals surface area contributed by atoms with Crippen molar-refractivity contribution in [3.63, 3.8) is 0 Å². The second-order valence-electron chi connectivity index (χ2n) is 4.30. The number of morpholine rings is 1. The highest BCUT2D eigenvalue weighted by molar-refractivity contribution is 5.78. The van der Waals surface area contributed by atoms with Gasteiger partial charge in [0.25, 0.3) is 0 Å². The number of rotatable bonds is 6. The zero-order chi connectivity index (χ0) is 12.7. The van der Waals surface area contributed by atoms with Crippen LogP contribution in [0.25, 0.3) is 0 Å². The van der Waals surface area contributed by atoms with Crippen LogP contribution in [0.3, 0.4) is 0 Å². The Morgan fingerprint density at radius 2 is 2.18 bits per heavy atom. The second-order valence-corrected chi connectivity index (χ2v) is 4.30. The van der Waals surface area contributed by atoms with Crippen LogP contribution >= 0.6 is 0 Å². The molecule has 0 spiro atoms. The third-order valence-corrected chi connectivity index (χ3v) is 2.65. The number of amides is 1. The van der Waals surface area contributed by atoms with Crippen LogP contribution in [0.15, 0.2) is 0 Å². The van der Waals surface area contributed by atoms with E-state index in [0.717, 1.165) is 0 Å². The maximum Gasteiger partial charge on any atom is 0.236 e.